The van der Waals surface area contributed by atoms with Gasteiger partial charge in [-0.15, -0.1) is 0 Å². The fourth-order valence-electron chi connectivity index (χ4n) is 2.49. The molecule has 15 heavy (non-hydrogen) atoms. The van der Waals surface area contributed by atoms with Crippen LogP contribution in [0, 0.1) is 19.8 Å². The highest BCUT2D eigenvalue weighted by Gasteiger charge is 2.38. The fraction of sp³-hybridized carbons (Fsp3) is 0.583. The summed E-state index contributed by atoms with van der Waals surface area (Å²) in [4.78, 5) is 11.0. The molecule has 0 radical (unpaired) electrons. The number of carboxylic acid groups (broad SMARTS) is 1. The lowest BCUT2D eigenvalue weighted by atomic mass is 10.2. The van der Waals surface area contributed by atoms with E-state index in [0.29, 0.717) is 11.6 Å². The number of nitrogens with zero attached hydrogens (tertiary/aromatic N) is 1. The number of aryl methyl sites for hydroxylation is 1. The Bertz CT molecular complexity index is 406. The van der Waals surface area contributed by atoms with Crippen LogP contribution in [0.3, 0.4) is 0 Å². The number of carboxylic acids is 1. The molecule has 1 saturated carbocycles. The minimum absolute atomic E-state index is 0.453. The van der Waals surface area contributed by atoms with Crippen LogP contribution >= 0.6 is 0 Å². The van der Waals surface area contributed by atoms with E-state index in [4.69, 9.17) is 5.11 Å². The topological polar surface area (TPSA) is 42.2 Å². The van der Waals surface area contributed by atoms with Crippen LogP contribution in [-0.4, -0.2) is 15.6 Å². The van der Waals surface area contributed by atoms with Crippen molar-refractivity contribution in [1.29, 1.82) is 0 Å². The monoisotopic (exact) mass is 207 g/mol. The van der Waals surface area contributed by atoms with Crippen LogP contribution in [0.1, 0.15) is 47.6 Å². The van der Waals surface area contributed by atoms with Gasteiger partial charge in [0.1, 0.15) is 0 Å². The van der Waals surface area contributed by atoms with Crippen LogP contribution in [0.25, 0.3) is 0 Å². The van der Waals surface area contributed by atoms with Gasteiger partial charge >= 0.3 is 5.97 Å². The first-order valence-corrected chi connectivity index (χ1v) is 5.48. The lowest BCUT2D eigenvalue weighted by Crippen LogP contribution is -2.03. The van der Waals surface area contributed by atoms with Crippen molar-refractivity contribution in [3.05, 3.63) is 23.0 Å². The van der Waals surface area contributed by atoms with Gasteiger partial charge in [0.15, 0.2) is 0 Å². The Balaban J connectivity index is 2.36. The Morgan fingerprint density at radius 2 is 2.27 bits per heavy atom. The molecule has 82 valence electrons. The summed E-state index contributed by atoms with van der Waals surface area (Å²) in [5, 5.41) is 9.02. The molecule has 1 aromatic rings. The predicted octanol–water partition coefficient (Wildman–Crippen LogP) is 2.77. The number of hydrogen-bond acceptors (Lipinski definition) is 1. The van der Waals surface area contributed by atoms with E-state index in [2.05, 4.69) is 11.5 Å². The lowest BCUT2D eigenvalue weighted by molar-refractivity contribution is 0.0696. The van der Waals surface area contributed by atoms with Gasteiger partial charge in [0.05, 0.1) is 5.56 Å². The zero-order valence-electron chi connectivity index (χ0n) is 9.45. The zero-order chi connectivity index (χ0) is 11.2. The summed E-state index contributed by atoms with van der Waals surface area (Å²) in [5.74, 6) is -0.0699. The van der Waals surface area contributed by atoms with E-state index in [-0.39, 0.29) is 0 Å². The third-order valence-corrected chi connectivity index (χ3v) is 3.46. The Morgan fingerprint density at radius 3 is 2.67 bits per heavy atom. The molecule has 3 nitrogen and oxygen atoms in total. The van der Waals surface area contributed by atoms with Gasteiger partial charge in [0.25, 0.3) is 0 Å². The number of rotatable bonds is 3. The summed E-state index contributed by atoms with van der Waals surface area (Å²) in [5.41, 5.74) is 2.43. The van der Waals surface area contributed by atoms with Gasteiger partial charge in [0.2, 0.25) is 0 Å². The third-order valence-electron chi connectivity index (χ3n) is 3.46. The van der Waals surface area contributed by atoms with Gasteiger partial charge < -0.3 is 9.67 Å². The van der Waals surface area contributed by atoms with Crippen molar-refractivity contribution >= 4 is 5.97 Å². The standard InChI is InChI=1S/C12H17NO2/c1-4-9-6-11(9)13-7(2)5-10(8(13)3)12(14)15/h5,9,11H,4,6H2,1-3H3,(H,14,15). The molecular formula is C12H17NO2. The van der Waals surface area contributed by atoms with Crippen molar-refractivity contribution in [3.63, 3.8) is 0 Å². The second-order valence-electron chi connectivity index (χ2n) is 4.43. The average Bonchev–Trinajstić information content (AvgIpc) is 2.87. The van der Waals surface area contributed by atoms with Crippen LogP contribution in [0.5, 0.6) is 0 Å². The molecule has 3 heteroatoms. The second-order valence-corrected chi connectivity index (χ2v) is 4.43. The van der Waals surface area contributed by atoms with Crippen LogP contribution in [0.4, 0.5) is 0 Å². The normalized spacial score (nSPS) is 24.2. The number of aromatic nitrogens is 1. The van der Waals surface area contributed by atoms with Gasteiger partial charge in [-0.1, -0.05) is 13.3 Å². The van der Waals surface area contributed by atoms with Gasteiger partial charge in [-0.25, -0.2) is 4.79 Å². The first kappa shape index (κ1) is 10.3. The molecule has 1 N–H and O–H groups in total. The van der Waals surface area contributed by atoms with Crippen molar-refractivity contribution in [2.45, 2.75) is 39.7 Å². The summed E-state index contributed by atoms with van der Waals surface area (Å²) in [6.07, 6.45) is 2.38. The highest BCUT2D eigenvalue weighted by atomic mass is 16.4. The largest absolute Gasteiger partial charge is 0.478 e. The van der Waals surface area contributed by atoms with Crippen molar-refractivity contribution in [2.24, 2.45) is 5.92 Å². The van der Waals surface area contributed by atoms with E-state index in [1.807, 2.05) is 13.8 Å². The summed E-state index contributed by atoms with van der Waals surface area (Å²) in [6, 6.07) is 2.32. The molecule has 1 heterocycles. The minimum atomic E-state index is -0.817. The van der Waals surface area contributed by atoms with E-state index < -0.39 is 5.97 Å². The first-order chi connectivity index (χ1) is 7.06. The molecule has 0 amide bonds. The lowest BCUT2D eigenvalue weighted by Gasteiger charge is -2.08. The maximum Gasteiger partial charge on any atom is 0.337 e. The van der Waals surface area contributed by atoms with Crippen LogP contribution in [0.2, 0.25) is 0 Å². The summed E-state index contributed by atoms with van der Waals surface area (Å²) in [6.45, 7) is 6.09. The highest BCUT2D eigenvalue weighted by Crippen LogP contribution is 2.47. The Labute approximate surface area is 89.7 Å². The molecule has 0 saturated heterocycles. The van der Waals surface area contributed by atoms with Crippen molar-refractivity contribution < 1.29 is 9.90 Å². The van der Waals surface area contributed by atoms with Gasteiger partial charge in [-0.05, 0) is 32.3 Å². The van der Waals surface area contributed by atoms with Gasteiger partial charge in [-0.3, -0.25) is 0 Å². The van der Waals surface area contributed by atoms with Crippen molar-refractivity contribution in [3.8, 4) is 0 Å². The molecule has 1 fully saturated rings. The second kappa shape index (κ2) is 3.40. The third kappa shape index (κ3) is 1.56. The van der Waals surface area contributed by atoms with Crippen LogP contribution in [-0.2, 0) is 0 Å². The Morgan fingerprint density at radius 1 is 1.60 bits per heavy atom. The quantitative estimate of drug-likeness (QED) is 0.828. The van der Waals surface area contributed by atoms with E-state index in [1.54, 1.807) is 6.07 Å². The van der Waals surface area contributed by atoms with E-state index in [0.717, 1.165) is 17.3 Å². The number of carbonyl (C=O) groups is 1. The molecule has 1 aromatic heterocycles. The molecule has 1 aliphatic rings. The van der Waals surface area contributed by atoms with Crippen LogP contribution in [0.15, 0.2) is 6.07 Å². The molecule has 0 aromatic carbocycles. The molecular weight excluding hydrogens is 190 g/mol. The SMILES string of the molecule is CCC1CC1n1c(C)cc(C(=O)O)c1C. The maximum atomic E-state index is 11.0. The van der Waals surface area contributed by atoms with Gasteiger partial charge in [0, 0.05) is 17.4 Å². The molecule has 1 aliphatic carbocycles. The average molecular weight is 207 g/mol. The molecule has 0 spiro atoms. The van der Waals surface area contributed by atoms with Crippen molar-refractivity contribution in [2.75, 3.05) is 0 Å². The molecule has 2 unspecified atom stereocenters. The first-order valence-electron chi connectivity index (χ1n) is 5.48. The van der Waals surface area contributed by atoms with Gasteiger partial charge in [-0.2, -0.15) is 0 Å². The molecule has 0 bridgehead atoms. The highest BCUT2D eigenvalue weighted by molar-refractivity contribution is 5.89. The van der Waals surface area contributed by atoms with Crippen LogP contribution < -0.4 is 0 Å². The summed E-state index contributed by atoms with van der Waals surface area (Å²) >= 11 is 0. The molecule has 0 aliphatic heterocycles. The number of hydrogen-bond donors (Lipinski definition) is 1. The Hall–Kier alpha value is -1.25. The molecule has 2 rings (SSSR count). The van der Waals surface area contributed by atoms with Crippen molar-refractivity contribution in [1.82, 2.24) is 4.57 Å². The smallest absolute Gasteiger partial charge is 0.337 e. The fourth-order valence-corrected chi connectivity index (χ4v) is 2.49. The maximum absolute atomic E-state index is 11.0. The van der Waals surface area contributed by atoms with E-state index in [1.165, 1.54) is 12.8 Å². The number of aromatic carboxylic acids is 1. The minimum Gasteiger partial charge on any atom is -0.478 e. The summed E-state index contributed by atoms with van der Waals surface area (Å²) < 4.78 is 2.19. The molecule has 2 atom stereocenters. The summed E-state index contributed by atoms with van der Waals surface area (Å²) in [7, 11) is 0. The van der Waals surface area contributed by atoms with E-state index in [9.17, 15) is 4.79 Å². The predicted molar refractivity (Wildman–Crippen MR) is 58.3 cm³/mol. The zero-order valence-corrected chi connectivity index (χ0v) is 9.45. The Kier molecular flexibility index (Phi) is 2.33. The van der Waals surface area contributed by atoms with E-state index >= 15 is 0 Å².